The van der Waals surface area contributed by atoms with Gasteiger partial charge in [0.05, 0.1) is 0 Å². The maximum Gasteiger partial charge on any atom is 0.323 e. The Labute approximate surface area is 74.7 Å². The fourth-order valence-corrected chi connectivity index (χ4v) is 1.09. The van der Waals surface area contributed by atoms with E-state index >= 15 is 0 Å². The number of carbonyl (C=O) groups is 3. The van der Waals surface area contributed by atoms with Gasteiger partial charge in [0.15, 0.2) is 0 Å². The van der Waals surface area contributed by atoms with Crippen molar-refractivity contribution >= 4 is 17.8 Å². The van der Waals surface area contributed by atoms with Gasteiger partial charge in [0.25, 0.3) is 0 Å². The molecular weight excluding hydrogens is 176 g/mol. The van der Waals surface area contributed by atoms with E-state index in [1.807, 2.05) is 0 Å². The third-order valence-electron chi connectivity index (χ3n) is 1.85. The van der Waals surface area contributed by atoms with Crippen LogP contribution in [0.1, 0.15) is 0 Å². The Morgan fingerprint density at radius 2 is 2.00 bits per heavy atom. The number of amides is 2. The quantitative estimate of drug-likeness (QED) is 0.525. The van der Waals surface area contributed by atoms with E-state index < -0.39 is 24.3 Å². The van der Waals surface area contributed by atoms with Gasteiger partial charge >= 0.3 is 17.8 Å². The summed E-state index contributed by atoms with van der Waals surface area (Å²) in [7, 11) is 1.51. The zero-order valence-electron chi connectivity index (χ0n) is 7.19. The Balaban J connectivity index is 2.64. The van der Waals surface area contributed by atoms with Crippen LogP contribution in [-0.4, -0.2) is 59.4 Å². The minimum absolute atomic E-state index is 0.285. The van der Waals surface area contributed by atoms with E-state index in [0.717, 1.165) is 4.90 Å². The zero-order chi connectivity index (χ0) is 10.0. The highest BCUT2D eigenvalue weighted by atomic mass is 16.4. The molecule has 1 heterocycles. The minimum Gasteiger partial charge on any atom is -0.480 e. The Morgan fingerprint density at radius 3 is 2.54 bits per heavy atom. The molecule has 1 rings (SSSR count). The van der Waals surface area contributed by atoms with E-state index in [-0.39, 0.29) is 6.54 Å². The van der Waals surface area contributed by atoms with Crippen LogP contribution in [0.3, 0.4) is 0 Å². The predicted molar refractivity (Wildman–Crippen MR) is 41.9 cm³/mol. The van der Waals surface area contributed by atoms with Crippen molar-refractivity contribution in [2.24, 2.45) is 0 Å². The van der Waals surface area contributed by atoms with E-state index in [4.69, 9.17) is 5.11 Å². The standard InChI is InChI=1S/C7H10N2O4/c1-8-2-3-9(4-5(10)11)7(13)6(8)12/h2-4H2,1H3,(H,10,11). The number of carbonyl (C=O) groups excluding carboxylic acids is 2. The monoisotopic (exact) mass is 186 g/mol. The predicted octanol–water partition coefficient (Wildman–Crippen LogP) is -1.63. The first-order valence-electron chi connectivity index (χ1n) is 3.78. The van der Waals surface area contributed by atoms with Crippen molar-refractivity contribution in [3.8, 4) is 0 Å². The van der Waals surface area contributed by atoms with Crippen LogP contribution in [-0.2, 0) is 14.4 Å². The summed E-state index contributed by atoms with van der Waals surface area (Å²) in [6.45, 7) is 0.268. The van der Waals surface area contributed by atoms with Gasteiger partial charge in [-0.25, -0.2) is 0 Å². The first kappa shape index (κ1) is 9.50. The molecule has 0 aromatic carbocycles. The van der Waals surface area contributed by atoms with Crippen molar-refractivity contribution in [1.29, 1.82) is 0 Å². The molecule has 1 fully saturated rings. The highest BCUT2D eigenvalue weighted by Crippen LogP contribution is 2.01. The zero-order valence-corrected chi connectivity index (χ0v) is 7.19. The number of aliphatic carboxylic acids is 1. The summed E-state index contributed by atoms with van der Waals surface area (Å²) in [6, 6.07) is 0. The van der Waals surface area contributed by atoms with E-state index in [0.29, 0.717) is 6.54 Å². The number of hydrogen-bond donors (Lipinski definition) is 1. The third-order valence-corrected chi connectivity index (χ3v) is 1.85. The van der Waals surface area contributed by atoms with E-state index in [1.54, 1.807) is 0 Å². The molecule has 1 aliphatic heterocycles. The van der Waals surface area contributed by atoms with Crippen LogP contribution in [0.5, 0.6) is 0 Å². The average Bonchev–Trinajstić information content (AvgIpc) is 2.06. The Hall–Kier alpha value is -1.59. The molecule has 6 nitrogen and oxygen atoms in total. The smallest absolute Gasteiger partial charge is 0.323 e. The fourth-order valence-electron chi connectivity index (χ4n) is 1.09. The number of carboxylic acid groups (broad SMARTS) is 1. The van der Waals surface area contributed by atoms with Gasteiger partial charge in [0, 0.05) is 20.1 Å². The molecule has 0 saturated carbocycles. The summed E-state index contributed by atoms with van der Waals surface area (Å²) in [6.07, 6.45) is 0. The largest absolute Gasteiger partial charge is 0.480 e. The summed E-state index contributed by atoms with van der Waals surface area (Å²) in [5, 5.41) is 8.42. The second-order valence-electron chi connectivity index (χ2n) is 2.85. The van der Waals surface area contributed by atoms with E-state index in [9.17, 15) is 14.4 Å². The van der Waals surface area contributed by atoms with Gasteiger partial charge in [-0.3, -0.25) is 14.4 Å². The maximum atomic E-state index is 11.1. The van der Waals surface area contributed by atoms with Gasteiger partial charge in [-0.05, 0) is 0 Å². The summed E-state index contributed by atoms with van der Waals surface area (Å²) in [4.78, 5) is 34.8. The molecule has 6 heteroatoms. The summed E-state index contributed by atoms with van der Waals surface area (Å²) < 4.78 is 0. The minimum atomic E-state index is -1.11. The third kappa shape index (κ3) is 1.95. The summed E-state index contributed by atoms with van der Waals surface area (Å²) in [5.74, 6) is -2.49. The highest BCUT2D eigenvalue weighted by Gasteiger charge is 2.30. The van der Waals surface area contributed by atoms with Gasteiger partial charge < -0.3 is 14.9 Å². The number of rotatable bonds is 2. The van der Waals surface area contributed by atoms with Crippen LogP contribution in [0.25, 0.3) is 0 Å². The van der Waals surface area contributed by atoms with Crippen LogP contribution in [0.2, 0.25) is 0 Å². The molecule has 0 spiro atoms. The van der Waals surface area contributed by atoms with E-state index in [2.05, 4.69) is 0 Å². The van der Waals surface area contributed by atoms with Crippen LogP contribution in [0.15, 0.2) is 0 Å². The molecule has 0 unspecified atom stereocenters. The summed E-state index contributed by atoms with van der Waals surface area (Å²) in [5.41, 5.74) is 0. The number of nitrogens with zero attached hydrogens (tertiary/aromatic N) is 2. The highest BCUT2D eigenvalue weighted by molar-refractivity contribution is 6.35. The van der Waals surface area contributed by atoms with Gasteiger partial charge in [-0.2, -0.15) is 0 Å². The second kappa shape index (κ2) is 3.42. The second-order valence-corrected chi connectivity index (χ2v) is 2.85. The van der Waals surface area contributed by atoms with Crippen LogP contribution < -0.4 is 0 Å². The Kier molecular flexibility index (Phi) is 2.50. The van der Waals surface area contributed by atoms with Crippen LogP contribution >= 0.6 is 0 Å². The normalized spacial score (nSPS) is 17.9. The first-order valence-corrected chi connectivity index (χ1v) is 3.78. The Morgan fingerprint density at radius 1 is 1.38 bits per heavy atom. The van der Waals surface area contributed by atoms with Crippen LogP contribution in [0.4, 0.5) is 0 Å². The van der Waals surface area contributed by atoms with Gasteiger partial charge in [0.2, 0.25) is 0 Å². The molecule has 1 saturated heterocycles. The van der Waals surface area contributed by atoms with Crippen molar-refractivity contribution in [2.75, 3.05) is 26.7 Å². The van der Waals surface area contributed by atoms with Crippen molar-refractivity contribution < 1.29 is 19.5 Å². The van der Waals surface area contributed by atoms with Gasteiger partial charge in [-0.15, -0.1) is 0 Å². The van der Waals surface area contributed by atoms with Crippen molar-refractivity contribution in [3.05, 3.63) is 0 Å². The lowest BCUT2D eigenvalue weighted by Crippen LogP contribution is -2.53. The number of piperazine rings is 1. The van der Waals surface area contributed by atoms with Crippen molar-refractivity contribution in [3.63, 3.8) is 0 Å². The van der Waals surface area contributed by atoms with Crippen molar-refractivity contribution in [2.45, 2.75) is 0 Å². The average molecular weight is 186 g/mol. The van der Waals surface area contributed by atoms with Crippen LogP contribution in [0, 0.1) is 0 Å². The molecule has 13 heavy (non-hydrogen) atoms. The SMILES string of the molecule is CN1CCN(CC(=O)O)C(=O)C1=O. The molecule has 0 atom stereocenters. The van der Waals surface area contributed by atoms with Gasteiger partial charge in [-0.1, -0.05) is 0 Å². The molecule has 0 bridgehead atoms. The molecule has 2 amide bonds. The van der Waals surface area contributed by atoms with Crippen molar-refractivity contribution in [1.82, 2.24) is 9.80 Å². The molecule has 72 valence electrons. The molecule has 0 aromatic rings. The molecular formula is C7H10N2O4. The molecule has 0 aromatic heterocycles. The number of likely N-dealkylation sites (N-methyl/N-ethyl adjacent to an activating group) is 1. The molecule has 0 radical (unpaired) electrons. The lowest BCUT2D eigenvalue weighted by molar-refractivity contribution is -0.157. The van der Waals surface area contributed by atoms with E-state index in [1.165, 1.54) is 11.9 Å². The molecule has 1 aliphatic rings. The van der Waals surface area contributed by atoms with Gasteiger partial charge in [0.1, 0.15) is 6.54 Å². The Bertz CT molecular complexity index is 263. The number of carboxylic acids is 1. The molecule has 0 aliphatic carbocycles. The lowest BCUT2D eigenvalue weighted by Gasteiger charge is -2.30. The first-order chi connectivity index (χ1) is 6.02. The number of hydrogen-bond acceptors (Lipinski definition) is 3. The lowest BCUT2D eigenvalue weighted by atomic mass is 10.3. The fraction of sp³-hybridized carbons (Fsp3) is 0.571. The summed E-state index contributed by atoms with van der Waals surface area (Å²) >= 11 is 0. The molecule has 1 N–H and O–H groups in total. The topological polar surface area (TPSA) is 77.9 Å². The maximum absolute atomic E-state index is 11.1.